The van der Waals surface area contributed by atoms with Crippen LogP contribution in [0, 0.1) is 11.7 Å². The molecule has 7 heteroatoms. The van der Waals surface area contributed by atoms with Crippen LogP contribution < -0.4 is 4.72 Å². The van der Waals surface area contributed by atoms with E-state index in [1.165, 1.54) is 12.1 Å². The van der Waals surface area contributed by atoms with E-state index in [0.717, 1.165) is 18.9 Å². The predicted molar refractivity (Wildman–Crippen MR) is 72.6 cm³/mol. The molecule has 1 aliphatic carbocycles. The third kappa shape index (κ3) is 3.34. The third-order valence-corrected chi connectivity index (χ3v) is 5.53. The number of aliphatic hydroxyl groups excluding tert-OH is 1. The van der Waals surface area contributed by atoms with Crippen molar-refractivity contribution in [3.8, 4) is 0 Å². The first-order chi connectivity index (χ1) is 8.94. The minimum absolute atomic E-state index is 0.0398. The number of hydrogen-bond acceptors (Lipinski definition) is 3. The van der Waals surface area contributed by atoms with Crippen molar-refractivity contribution in [2.45, 2.75) is 30.2 Å². The summed E-state index contributed by atoms with van der Waals surface area (Å²) >= 11 is 2.98. The molecule has 0 bridgehead atoms. The van der Waals surface area contributed by atoms with Gasteiger partial charge < -0.3 is 5.11 Å². The maximum Gasteiger partial charge on any atom is 0.240 e. The molecule has 106 valence electrons. The molecule has 19 heavy (non-hydrogen) atoms. The van der Waals surface area contributed by atoms with Crippen LogP contribution in [0.3, 0.4) is 0 Å². The standard InChI is InChI=1S/C12H15BrFNO3S/c13-10-5-4-9(6-11(10)14)19(17,18)15-12-3-1-2-8(12)7-16/h4-6,8,12,15-16H,1-3,7H2. The molecule has 1 saturated carbocycles. The second kappa shape index (κ2) is 5.87. The number of aliphatic hydroxyl groups is 1. The Hall–Kier alpha value is -0.500. The predicted octanol–water partition coefficient (Wildman–Crippen LogP) is 2.03. The van der Waals surface area contributed by atoms with Crippen LogP contribution in [0.2, 0.25) is 0 Å². The van der Waals surface area contributed by atoms with Gasteiger partial charge in [0.05, 0.1) is 9.37 Å². The van der Waals surface area contributed by atoms with Crippen molar-refractivity contribution in [3.63, 3.8) is 0 Å². The van der Waals surface area contributed by atoms with E-state index >= 15 is 0 Å². The van der Waals surface area contributed by atoms with Crippen molar-refractivity contribution >= 4 is 26.0 Å². The molecular weight excluding hydrogens is 337 g/mol. The first-order valence-electron chi connectivity index (χ1n) is 6.02. The van der Waals surface area contributed by atoms with Gasteiger partial charge in [-0.2, -0.15) is 0 Å². The van der Waals surface area contributed by atoms with E-state index in [-0.39, 0.29) is 27.9 Å². The van der Waals surface area contributed by atoms with Gasteiger partial charge in [0.25, 0.3) is 0 Å². The minimum Gasteiger partial charge on any atom is -0.396 e. The lowest BCUT2D eigenvalue weighted by Crippen LogP contribution is -2.38. The Morgan fingerprint density at radius 1 is 1.42 bits per heavy atom. The Kier molecular flexibility index (Phi) is 4.60. The first kappa shape index (κ1) is 14.9. The molecule has 2 atom stereocenters. The highest BCUT2D eigenvalue weighted by atomic mass is 79.9. The quantitative estimate of drug-likeness (QED) is 0.872. The summed E-state index contributed by atoms with van der Waals surface area (Å²) in [5.41, 5.74) is 0. The van der Waals surface area contributed by atoms with Crippen molar-refractivity contribution in [1.29, 1.82) is 0 Å². The van der Waals surface area contributed by atoms with Gasteiger partial charge in [0.1, 0.15) is 5.82 Å². The molecule has 0 amide bonds. The van der Waals surface area contributed by atoms with Gasteiger partial charge in [0.2, 0.25) is 10.0 Å². The summed E-state index contributed by atoms with van der Waals surface area (Å²) in [6.45, 7) is -0.0398. The number of hydrogen-bond donors (Lipinski definition) is 2. The normalized spacial score (nSPS) is 23.7. The molecule has 1 fully saturated rings. The van der Waals surface area contributed by atoms with Crippen molar-refractivity contribution in [3.05, 3.63) is 28.5 Å². The third-order valence-electron chi connectivity index (χ3n) is 3.40. The molecule has 4 nitrogen and oxygen atoms in total. The highest BCUT2D eigenvalue weighted by Gasteiger charge is 2.30. The van der Waals surface area contributed by atoms with Gasteiger partial charge in [-0.3, -0.25) is 0 Å². The zero-order valence-electron chi connectivity index (χ0n) is 10.1. The summed E-state index contributed by atoms with van der Waals surface area (Å²) in [5, 5.41) is 9.18. The number of benzene rings is 1. The van der Waals surface area contributed by atoms with Crippen molar-refractivity contribution < 1.29 is 17.9 Å². The molecule has 2 unspecified atom stereocenters. The Morgan fingerprint density at radius 3 is 2.79 bits per heavy atom. The molecule has 0 aliphatic heterocycles. The molecule has 2 N–H and O–H groups in total. The fourth-order valence-electron chi connectivity index (χ4n) is 2.32. The molecule has 0 saturated heterocycles. The summed E-state index contributed by atoms with van der Waals surface area (Å²) < 4.78 is 40.4. The number of nitrogens with one attached hydrogen (secondary N) is 1. The average Bonchev–Trinajstić information content (AvgIpc) is 2.79. The second-order valence-electron chi connectivity index (χ2n) is 4.68. The fourth-order valence-corrected chi connectivity index (χ4v) is 3.92. The number of halogens is 2. The van der Waals surface area contributed by atoms with Gasteiger partial charge in [0.15, 0.2) is 0 Å². The highest BCUT2D eigenvalue weighted by molar-refractivity contribution is 9.10. The topological polar surface area (TPSA) is 66.4 Å². The van der Waals surface area contributed by atoms with Gasteiger partial charge in [-0.25, -0.2) is 17.5 Å². The summed E-state index contributed by atoms with van der Waals surface area (Å²) in [6.07, 6.45) is 2.38. The van der Waals surface area contributed by atoms with E-state index in [0.29, 0.717) is 6.42 Å². The lowest BCUT2D eigenvalue weighted by atomic mass is 10.1. The van der Waals surface area contributed by atoms with Crippen molar-refractivity contribution in [2.24, 2.45) is 5.92 Å². The van der Waals surface area contributed by atoms with Crippen LogP contribution >= 0.6 is 15.9 Å². The maximum atomic E-state index is 13.4. The monoisotopic (exact) mass is 351 g/mol. The number of rotatable bonds is 4. The molecule has 0 radical (unpaired) electrons. The summed E-state index contributed by atoms with van der Waals surface area (Å²) in [6, 6.07) is 3.41. The Bertz CT molecular complexity index is 564. The molecule has 0 spiro atoms. The molecule has 1 aromatic carbocycles. The van der Waals surface area contributed by atoms with Crippen LogP contribution in [0.25, 0.3) is 0 Å². The summed E-state index contributed by atoms with van der Waals surface area (Å²) in [5.74, 6) is -0.678. The van der Waals surface area contributed by atoms with Crippen LogP contribution in [0.1, 0.15) is 19.3 Å². The van der Waals surface area contributed by atoms with E-state index < -0.39 is 15.8 Å². The Morgan fingerprint density at radius 2 is 2.16 bits per heavy atom. The second-order valence-corrected chi connectivity index (χ2v) is 7.25. The van der Waals surface area contributed by atoms with Crippen LogP contribution in [-0.2, 0) is 10.0 Å². The lowest BCUT2D eigenvalue weighted by Gasteiger charge is -2.19. The van der Waals surface area contributed by atoms with Gasteiger partial charge in [-0.15, -0.1) is 0 Å². The Balaban J connectivity index is 2.20. The maximum absolute atomic E-state index is 13.4. The zero-order valence-corrected chi connectivity index (χ0v) is 12.5. The van der Waals surface area contributed by atoms with Crippen molar-refractivity contribution in [2.75, 3.05) is 6.61 Å². The largest absolute Gasteiger partial charge is 0.396 e. The molecular formula is C12H15BrFNO3S. The van der Waals surface area contributed by atoms with Crippen LogP contribution in [0.4, 0.5) is 4.39 Å². The van der Waals surface area contributed by atoms with E-state index in [9.17, 15) is 17.9 Å². The van der Waals surface area contributed by atoms with E-state index in [4.69, 9.17) is 0 Å². The van der Waals surface area contributed by atoms with Crippen LogP contribution in [0.5, 0.6) is 0 Å². The van der Waals surface area contributed by atoms with Gasteiger partial charge in [0, 0.05) is 12.6 Å². The zero-order chi connectivity index (χ0) is 14.0. The fraction of sp³-hybridized carbons (Fsp3) is 0.500. The van der Waals surface area contributed by atoms with Gasteiger partial charge in [-0.1, -0.05) is 6.42 Å². The minimum atomic E-state index is -3.75. The Labute approximate surface area is 120 Å². The van der Waals surface area contributed by atoms with Crippen LogP contribution in [0.15, 0.2) is 27.6 Å². The van der Waals surface area contributed by atoms with Crippen LogP contribution in [-0.4, -0.2) is 26.2 Å². The number of sulfonamides is 1. The molecule has 1 aliphatic rings. The lowest BCUT2D eigenvalue weighted by molar-refractivity contribution is 0.213. The molecule has 0 aromatic heterocycles. The van der Waals surface area contributed by atoms with E-state index in [1.807, 2.05) is 0 Å². The first-order valence-corrected chi connectivity index (χ1v) is 8.30. The highest BCUT2D eigenvalue weighted by Crippen LogP contribution is 2.27. The SMILES string of the molecule is O=S(=O)(NC1CCCC1CO)c1ccc(Br)c(F)c1. The van der Waals surface area contributed by atoms with E-state index in [2.05, 4.69) is 20.7 Å². The summed E-state index contributed by atoms with van der Waals surface area (Å²) in [4.78, 5) is -0.100. The van der Waals surface area contributed by atoms with E-state index in [1.54, 1.807) is 0 Å². The smallest absolute Gasteiger partial charge is 0.240 e. The average molecular weight is 352 g/mol. The summed E-state index contributed by atoms with van der Waals surface area (Å²) in [7, 11) is -3.75. The van der Waals surface area contributed by atoms with Gasteiger partial charge >= 0.3 is 0 Å². The van der Waals surface area contributed by atoms with Gasteiger partial charge in [-0.05, 0) is 52.9 Å². The molecule has 2 rings (SSSR count). The van der Waals surface area contributed by atoms with Crippen molar-refractivity contribution in [1.82, 2.24) is 4.72 Å². The molecule has 0 heterocycles. The molecule has 1 aromatic rings.